The van der Waals surface area contributed by atoms with Crippen molar-refractivity contribution in [2.24, 2.45) is 0 Å². The Balaban J connectivity index is 2.19. The van der Waals surface area contributed by atoms with Gasteiger partial charge in [0, 0.05) is 12.2 Å². The standard InChI is InChI=1S/C20H19FN2O3S2/c1-4-11-23-14(3)13(2)18(19(23)22-20(24)17-6-5-12-27-17)28(25,26)16-9-7-15(21)8-10-16/h4-10,12H,1,11H2,2-3H3,(H,22,24). The molecular formula is C20H19FN2O3S2. The van der Waals surface area contributed by atoms with Crippen molar-refractivity contribution >= 4 is 32.9 Å². The molecule has 8 heteroatoms. The maximum absolute atomic E-state index is 13.3. The molecule has 0 saturated heterocycles. The Labute approximate surface area is 167 Å². The molecule has 2 aromatic heterocycles. The van der Waals surface area contributed by atoms with Gasteiger partial charge in [0.1, 0.15) is 16.5 Å². The molecule has 0 radical (unpaired) electrons. The fourth-order valence-electron chi connectivity index (χ4n) is 2.95. The minimum atomic E-state index is -3.98. The van der Waals surface area contributed by atoms with Gasteiger partial charge >= 0.3 is 0 Å². The summed E-state index contributed by atoms with van der Waals surface area (Å²) in [5, 5.41) is 4.52. The summed E-state index contributed by atoms with van der Waals surface area (Å²) in [7, 11) is -3.98. The molecule has 1 amide bonds. The van der Waals surface area contributed by atoms with E-state index in [-0.39, 0.29) is 15.6 Å². The molecule has 0 atom stereocenters. The molecule has 0 aliphatic carbocycles. The summed E-state index contributed by atoms with van der Waals surface area (Å²) in [5.74, 6) is -0.742. The van der Waals surface area contributed by atoms with Crippen molar-refractivity contribution in [3.63, 3.8) is 0 Å². The summed E-state index contributed by atoms with van der Waals surface area (Å²) in [4.78, 5) is 13.1. The summed E-state index contributed by atoms with van der Waals surface area (Å²) in [6.07, 6.45) is 1.63. The van der Waals surface area contributed by atoms with Crippen molar-refractivity contribution in [1.29, 1.82) is 0 Å². The Morgan fingerprint density at radius 2 is 1.93 bits per heavy atom. The number of nitrogens with zero attached hydrogens (tertiary/aromatic N) is 1. The Hall–Kier alpha value is -2.71. The van der Waals surface area contributed by atoms with Crippen LogP contribution in [-0.4, -0.2) is 18.9 Å². The predicted molar refractivity (Wildman–Crippen MR) is 108 cm³/mol. The van der Waals surface area contributed by atoms with Gasteiger partial charge in [-0.25, -0.2) is 12.8 Å². The molecule has 0 saturated carbocycles. The second-order valence-electron chi connectivity index (χ2n) is 6.18. The van der Waals surface area contributed by atoms with E-state index in [4.69, 9.17) is 0 Å². The maximum atomic E-state index is 13.3. The summed E-state index contributed by atoms with van der Waals surface area (Å²) >= 11 is 1.26. The average Bonchev–Trinajstić information content (AvgIpc) is 3.26. The number of hydrogen-bond donors (Lipinski definition) is 1. The van der Waals surface area contributed by atoms with Crippen LogP contribution in [0.4, 0.5) is 10.2 Å². The molecule has 0 aliphatic heterocycles. The van der Waals surface area contributed by atoms with Crippen LogP contribution in [0.3, 0.4) is 0 Å². The molecule has 1 N–H and O–H groups in total. The first kappa shape index (κ1) is 20.0. The third-order valence-electron chi connectivity index (χ3n) is 4.45. The van der Waals surface area contributed by atoms with Crippen LogP contribution in [0.1, 0.15) is 20.9 Å². The van der Waals surface area contributed by atoms with Gasteiger partial charge in [0.2, 0.25) is 9.84 Å². The molecule has 2 heterocycles. The van der Waals surface area contributed by atoms with E-state index in [0.717, 1.165) is 12.1 Å². The quantitative estimate of drug-likeness (QED) is 0.471. The van der Waals surface area contributed by atoms with E-state index in [1.165, 1.54) is 23.5 Å². The van der Waals surface area contributed by atoms with E-state index >= 15 is 0 Å². The highest BCUT2D eigenvalue weighted by Gasteiger charge is 2.30. The van der Waals surface area contributed by atoms with Gasteiger partial charge in [-0.3, -0.25) is 4.79 Å². The highest BCUT2D eigenvalue weighted by Crippen LogP contribution is 2.35. The van der Waals surface area contributed by atoms with Gasteiger partial charge in [0.05, 0.1) is 9.77 Å². The zero-order valence-electron chi connectivity index (χ0n) is 15.4. The zero-order valence-corrected chi connectivity index (χ0v) is 17.0. The van der Waals surface area contributed by atoms with Crippen LogP contribution >= 0.6 is 11.3 Å². The van der Waals surface area contributed by atoms with Crippen molar-refractivity contribution in [3.8, 4) is 0 Å². The summed E-state index contributed by atoms with van der Waals surface area (Å²) in [6, 6.07) is 8.04. The fraction of sp³-hybridized carbons (Fsp3) is 0.150. The first-order valence-electron chi connectivity index (χ1n) is 8.43. The molecule has 0 spiro atoms. The third kappa shape index (κ3) is 3.53. The van der Waals surface area contributed by atoms with Crippen LogP contribution in [0.2, 0.25) is 0 Å². The number of sulfone groups is 1. The number of allylic oxidation sites excluding steroid dienone is 1. The lowest BCUT2D eigenvalue weighted by molar-refractivity contribution is 0.102. The van der Waals surface area contributed by atoms with Gasteiger partial charge in [-0.15, -0.1) is 17.9 Å². The average molecular weight is 419 g/mol. The van der Waals surface area contributed by atoms with E-state index in [9.17, 15) is 17.6 Å². The van der Waals surface area contributed by atoms with Gasteiger partial charge in [-0.2, -0.15) is 0 Å². The van der Waals surface area contributed by atoms with E-state index in [1.54, 1.807) is 42.0 Å². The summed E-state index contributed by atoms with van der Waals surface area (Å²) in [6.45, 7) is 7.51. The zero-order chi connectivity index (χ0) is 20.5. The molecule has 1 aromatic carbocycles. The number of rotatable bonds is 6. The Morgan fingerprint density at radius 1 is 1.25 bits per heavy atom. The van der Waals surface area contributed by atoms with E-state index in [1.807, 2.05) is 0 Å². The van der Waals surface area contributed by atoms with Crippen LogP contribution in [0.5, 0.6) is 0 Å². The fourth-order valence-corrected chi connectivity index (χ4v) is 5.27. The number of amides is 1. The lowest BCUT2D eigenvalue weighted by atomic mass is 10.3. The molecule has 3 rings (SSSR count). The first-order chi connectivity index (χ1) is 13.3. The minimum absolute atomic E-state index is 0.00312. The molecule has 0 unspecified atom stereocenters. The molecule has 0 fully saturated rings. The number of benzene rings is 1. The highest BCUT2D eigenvalue weighted by atomic mass is 32.2. The van der Waals surface area contributed by atoms with Crippen molar-refractivity contribution in [2.45, 2.75) is 30.2 Å². The number of carbonyl (C=O) groups is 1. The van der Waals surface area contributed by atoms with Crippen LogP contribution in [-0.2, 0) is 16.4 Å². The summed E-state index contributed by atoms with van der Waals surface area (Å²) in [5.41, 5.74) is 1.22. The van der Waals surface area contributed by atoms with Crippen LogP contribution in [0.25, 0.3) is 0 Å². The van der Waals surface area contributed by atoms with Gasteiger partial charge in [-0.1, -0.05) is 12.1 Å². The van der Waals surface area contributed by atoms with Crippen LogP contribution in [0, 0.1) is 19.7 Å². The Bertz CT molecular complexity index is 1130. The monoisotopic (exact) mass is 418 g/mol. The molecular weight excluding hydrogens is 399 g/mol. The summed E-state index contributed by atoms with van der Waals surface area (Å²) < 4.78 is 41.6. The van der Waals surface area contributed by atoms with Gasteiger partial charge < -0.3 is 9.88 Å². The second kappa shape index (κ2) is 7.73. The van der Waals surface area contributed by atoms with Crippen LogP contribution < -0.4 is 5.32 Å². The number of thiophene rings is 1. The minimum Gasteiger partial charge on any atom is -0.327 e. The normalized spacial score (nSPS) is 11.4. The third-order valence-corrected chi connectivity index (χ3v) is 7.25. The largest absolute Gasteiger partial charge is 0.327 e. The van der Waals surface area contributed by atoms with Gasteiger partial charge in [0.15, 0.2) is 0 Å². The predicted octanol–water partition coefficient (Wildman–Crippen LogP) is 4.58. The number of hydrogen-bond acceptors (Lipinski definition) is 4. The van der Waals surface area contributed by atoms with E-state index in [0.29, 0.717) is 22.7 Å². The van der Waals surface area contributed by atoms with Crippen molar-refractivity contribution in [2.75, 3.05) is 5.32 Å². The Kier molecular flexibility index (Phi) is 5.53. The van der Waals surface area contributed by atoms with E-state index < -0.39 is 21.6 Å². The second-order valence-corrected chi connectivity index (χ2v) is 9.01. The van der Waals surface area contributed by atoms with Gasteiger partial charge in [0.25, 0.3) is 5.91 Å². The van der Waals surface area contributed by atoms with Crippen molar-refractivity contribution in [3.05, 3.63) is 76.4 Å². The number of nitrogens with one attached hydrogen (secondary N) is 1. The number of carbonyl (C=O) groups excluding carboxylic acids is 1. The highest BCUT2D eigenvalue weighted by molar-refractivity contribution is 7.91. The maximum Gasteiger partial charge on any atom is 0.266 e. The topological polar surface area (TPSA) is 68.2 Å². The number of halogens is 1. The molecule has 146 valence electrons. The van der Waals surface area contributed by atoms with Crippen molar-refractivity contribution < 1.29 is 17.6 Å². The first-order valence-corrected chi connectivity index (χ1v) is 10.8. The molecule has 0 bridgehead atoms. The molecule has 5 nitrogen and oxygen atoms in total. The molecule has 28 heavy (non-hydrogen) atoms. The SMILES string of the molecule is C=CCn1c(C)c(C)c(S(=O)(=O)c2ccc(F)cc2)c1NC(=O)c1cccs1. The lowest BCUT2D eigenvalue weighted by Crippen LogP contribution is -2.17. The lowest BCUT2D eigenvalue weighted by Gasteiger charge is -2.13. The van der Waals surface area contributed by atoms with Crippen molar-refractivity contribution in [1.82, 2.24) is 4.57 Å². The van der Waals surface area contributed by atoms with E-state index in [2.05, 4.69) is 11.9 Å². The molecule has 0 aliphatic rings. The smallest absolute Gasteiger partial charge is 0.266 e. The van der Waals surface area contributed by atoms with Crippen LogP contribution in [0.15, 0.2) is 64.2 Å². The molecule has 3 aromatic rings. The number of aromatic nitrogens is 1. The van der Waals surface area contributed by atoms with Gasteiger partial charge in [-0.05, 0) is 55.1 Å². The number of anilines is 1. The Morgan fingerprint density at radius 3 is 2.50 bits per heavy atom.